The Kier molecular flexibility index (Phi) is 4.85. The second kappa shape index (κ2) is 5.96. The van der Waals surface area contributed by atoms with Crippen molar-refractivity contribution in [1.29, 1.82) is 0 Å². The van der Waals surface area contributed by atoms with Gasteiger partial charge in [-0.05, 0) is 22.9 Å². The van der Waals surface area contributed by atoms with E-state index in [1.54, 1.807) is 6.92 Å². The molecule has 0 aliphatic heterocycles. The molecule has 0 aliphatic rings. The molecule has 100 valence electrons. The Labute approximate surface area is 111 Å². The first-order chi connectivity index (χ1) is 8.38. The smallest absolute Gasteiger partial charge is 0.331 e. The summed E-state index contributed by atoms with van der Waals surface area (Å²) in [7, 11) is 1.45. The lowest BCUT2D eigenvalue weighted by atomic mass is 10.3. The van der Waals surface area contributed by atoms with Gasteiger partial charge in [0.1, 0.15) is 6.54 Å². The predicted octanol–water partition coefficient (Wildman–Crippen LogP) is 0.0645. The molecule has 0 spiro atoms. The monoisotopic (exact) mass is 320 g/mol. The fourth-order valence-corrected chi connectivity index (χ4v) is 1.99. The molecule has 1 heterocycles. The maximum atomic E-state index is 12.0. The van der Waals surface area contributed by atoms with Crippen LogP contribution in [-0.2, 0) is 16.1 Å². The molecular weight excluding hydrogens is 308 g/mol. The van der Waals surface area contributed by atoms with E-state index in [9.17, 15) is 14.4 Å². The number of carbonyl (C=O) groups is 1. The molecule has 8 heteroatoms. The van der Waals surface area contributed by atoms with Crippen molar-refractivity contribution in [3.05, 3.63) is 31.5 Å². The lowest BCUT2D eigenvalue weighted by Gasteiger charge is -2.15. The highest BCUT2D eigenvalue weighted by molar-refractivity contribution is 9.10. The third-order valence-corrected chi connectivity index (χ3v) is 2.84. The van der Waals surface area contributed by atoms with Gasteiger partial charge in [-0.1, -0.05) is 0 Å². The lowest BCUT2D eigenvalue weighted by molar-refractivity contribution is -0.137. The third-order valence-electron chi connectivity index (χ3n) is 2.30. The van der Waals surface area contributed by atoms with E-state index in [1.165, 1.54) is 13.3 Å². The molecule has 1 atom stereocenters. The minimum Gasteiger partial charge on any atom is -0.480 e. The Bertz CT molecular complexity index is 562. The molecule has 0 fully saturated rings. The van der Waals surface area contributed by atoms with Gasteiger partial charge in [0, 0.05) is 13.3 Å². The number of carboxylic acid groups (broad SMARTS) is 1. The summed E-state index contributed by atoms with van der Waals surface area (Å²) in [5.41, 5.74) is -1.18. The highest BCUT2D eigenvalue weighted by Gasteiger charge is 2.16. The fourth-order valence-electron chi connectivity index (χ4n) is 1.55. The Morgan fingerprint density at radius 2 is 2.17 bits per heavy atom. The molecule has 0 radical (unpaired) electrons. The first-order valence-electron chi connectivity index (χ1n) is 5.10. The highest BCUT2D eigenvalue weighted by atomic mass is 79.9. The fraction of sp³-hybridized carbons (Fsp3) is 0.500. The number of aromatic nitrogens is 2. The first-order valence-corrected chi connectivity index (χ1v) is 5.90. The number of rotatable bonds is 5. The van der Waals surface area contributed by atoms with E-state index in [0.717, 1.165) is 9.13 Å². The van der Waals surface area contributed by atoms with Crippen LogP contribution in [0.15, 0.2) is 20.3 Å². The van der Waals surface area contributed by atoms with Gasteiger partial charge in [0.2, 0.25) is 0 Å². The van der Waals surface area contributed by atoms with Crippen molar-refractivity contribution in [3.63, 3.8) is 0 Å². The number of ether oxygens (including phenoxy) is 1. The first kappa shape index (κ1) is 14.7. The Hall–Kier alpha value is -1.41. The standard InChI is InChI=1S/C10H13BrN2O5/c1-6(5-18-2)13-9(16)7(11)3-12(10(13)17)4-8(14)15/h3,6H,4-5H2,1-2H3,(H,14,15). The van der Waals surface area contributed by atoms with Gasteiger partial charge in [-0.25, -0.2) is 4.79 Å². The predicted molar refractivity (Wildman–Crippen MR) is 66.9 cm³/mol. The van der Waals surface area contributed by atoms with Crippen molar-refractivity contribution in [2.75, 3.05) is 13.7 Å². The van der Waals surface area contributed by atoms with Crippen molar-refractivity contribution in [1.82, 2.24) is 9.13 Å². The molecule has 0 saturated heterocycles. The number of hydrogen-bond donors (Lipinski definition) is 1. The molecule has 1 aromatic rings. The minimum atomic E-state index is -1.16. The number of nitrogens with zero attached hydrogens (tertiary/aromatic N) is 2. The topological polar surface area (TPSA) is 90.5 Å². The molecule has 7 nitrogen and oxygen atoms in total. The van der Waals surface area contributed by atoms with E-state index in [4.69, 9.17) is 9.84 Å². The largest absolute Gasteiger partial charge is 0.480 e. The minimum absolute atomic E-state index is 0.131. The molecule has 0 bridgehead atoms. The van der Waals surface area contributed by atoms with Crippen LogP contribution in [0, 0.1) is 0 Å². The van der Waals surface area contributed by atoms with Crippen LogP contribution in [0.25, 0.3) is 0 Å². The number of carboxylic acids is 1. The van der Waals surface area contributed by atoms with Crippen LogP contribution in [0.4, 0.5) is 0 Å². The van der Waals surface area contributed by atoms with E-state index in [1.807, 2.05) is 0 Å². The van der Waals surface area contributed by atoms with Crippen molar-refractivity contribution >= 4 is 21.9 Å². The van der Waals surface area contributed by atoms with E-state index in [0.29, 0.717) is 0 Å². The third kappa shape index (κ3) is 3.08. The van der Waals surface area contributed by atoms with Crippen LogP contribution in [0.1, 0.15) is 13.0 Å². The normalized spacial score (nSPS) is 12.4. The number of aliphatic carboxylic acids is 1. The summed E-state index contributed by atoms with van der Waals surface area (Å²) in [4.78, 5) is 34.5. The van der Waals surface area contributed by atoms with E-state index >= 15 is 0 Å². The van der Waals surface area contributed by atoms with Gasteiger partial charge < -0.3 is 9.84 Å². The number of hydrogen-bond acceptors (Lipinski definition) is 4. The van der Waals surface area contributed by atoms with E-state index < -0.39 is 29.8 Å². The molecule has 18 heavy (non-hydrogen) atoms. The average Bonchev–Trinajstić information content (AvgIpc) is 2.26. The highest BCUT2D eigenvalue weighted by Crippen LogP contribution is 2.04. The molecule has 0 amide bonds. The molecule has 1 rings (SSSR count). The van der Waals surface area contributed by atoms with Crippen LogP contribution < -0.4 is 11.2 Å². The van der Waals surface area contributed by atoms with Gasteiger partial charge in [0.25, 0.3) is 5.56 Å². The summed E-state index contributed by atoms with van der Waals surface area (Å²) in [6.45, 7) is 1.32. The SMILES string of the molecule is COCC(C)n1c(=O)c(Br)cn(CC(=O)O)c1=O. The van der Waals surface area contributed by atoms with Crippen molar-refractivity contribution in [2.24, 2.45) is 0 Å². The number of methoxy groups -OCH3 is 1. The van der Waals surface area contributed by atoms with Gasteiger partial charge in [-0.3, -0.25) is 18.7 Å². The zero-order valence-corrected chi connectivity index (χ0v) is 11.5. The van der Waals surface area contributed by atoms with Crippen LogP contribution in [-0.4, -0.2) is 33.9 Å². The number of halogens is 1. The molecule has 0 aliphatic carbocycles. The summed E-state index contributed by atoms with van der Waals surface area (Å²) in [5.74, 6) is -1.16. The zero-order chi connectivity index (χ0) is 13.9. The summed E-state index contributed by atoms with van der Waals surface area (Å²) >= 11 is 3.01. The van der Waals surface area contributed by atoms with Crippen molar-refractivity contribution in [3.8, 4) is 0 Å². The summed E-state index contributed by atoms with van der Waals surface area (Å²) in [6, 6.07) is -0.479. The molecule has 1 aromatic heterocycles. The average molecular weight is 321 g/mol. The second-order valence-corrected chi connectivity index (χ2v) is 4.62. The molecular formula is C10H13BrN2O5. The van der Waals surface area contributed by atoms with Crippen LogP contribution in [0.5, 0.6) is 0 Å². The zero-order valence-electron chi connectivity index (χ0n) is 9.92. The Balaban J connectivity index is 3.40. The quantitative estimate of drug-likeness (QED) is 0.828. The maximum absolute atomic E-state index is 12.0. The van der Waals surface area contributed by atoms with Crippen molar-refractivity contribution in [2.45, 2.75) is 19.5 Å². The van der Waals surface area contributed by atoms with Crippen LogP contribution in [0.3, 0.4) is 0 Å². The van der Waals surface area contributed by atoms with Crippen molar-refractivity contribution < 1.29 is 14.6 Å². The molecule has 0 saturated carbocycles. The Morgan fingerprint density at radius 1 is 1.56 bits per heavy atom. The van der Waals surface area contributed by atoms with Gasteiger partial charge in [0.05, 0.1) is 17.1 Å². The van der Waals surface area contributed by atoms with E-state index in [2.05, 4.69) is 15.9 Å². The Morgan fingerprint density at radius 3 is 2.67 bits per heavy atom. The van der Waals surface area contributed by atoms with Gasteiger partial charge in [-0.2, -0.15) is 0 Å². The van der Waals surface area contributed by atoms with Crippen LogP contribution in [0.2, 0.25) is 0 Å². The van der Waals surface area contributed by atoms with Gasteiger partial charge >= 0.3 is 11.7 Å². The van der Waals surface area contributed by atoms with Crippen LogP contribution >= 0.6 is 15.9 Å². The molecule has 1 unspecified atom stereocenters. The summed E-state index contributed by atoms with van der Waals surface area (Å²) < 4.78 is 6.95. The second-order valence-electron chi connectivity index (χ2n) is 3.76. The maximum Gasteiger partial charge on any atom is 0.331 e. The lowest BCUT2D eigenvalue weighted by Crippen LogP contribution is -2.43. The van der Waals surface area contributed by atoms with Gasteiger partial charge in [-0.15, -0.1) is 0 Å². The molecule has 0 aromatic carbocycles. The molecule has 1 N–H and O–H groups in total. The summed E-state index contributed by atoms with van der Waals surface area (Å²) in [5, 5.41) is 8.70. The van der Waals surface area contributed by atoms with E-state index in [-0.39, 0.29) is 11.1 Å². The van der Waals surface area contributed by atoms with Gasteiger partial charge in [0.15, 0.2) is 0 Å². The summed E-state index contributed by atoms with van der Waals surface area (Å²) in [6.07, 6.45) is 1.18.